The van der Waals surface area contributed by atoms with E-state index in [1.807, 2.05) is 6.07 Å². The number of hydrogen-bond acceptors (Lipinski definition) is 3. The zero-order chi connectivity index (χ0) is 12.5. The van der Waals surface area contributed by atoms with Crippen LogP contribution in [0.1, 0.15) is 17.9 Å². The number of benzene rings is 1. The molecular weight excluding hydrogens is 229 g/mol. The first kappa shape index (κ1) is 11.0. The Bertz CT molecular complexity index is 571. The van der Waals surface area contributed by atoms with Crippen molar-refractivity contribution in [3.8, 4) is 6.07 Å². The Morgan fingerprint density at radius 2 is 2.22 bits per heavy atom. The van der Waals surface area contributed by atoms with Gasteiger partial charge in [-0.3, -0.25) is 4.99 Å². The minimum absolute atomic E-state index is 0.0518. The molecular formula is C14H12FN3. The maximum Gasteiger partial charge on any atom is 0.127 e. The normalized spacial score (nSPS) is 29.1. The van der Waals surface area contributed by atoms with E-state index < -0.39 is 0 Å². The minimum Gasteiger partial charge on any atom is -0.368 e. The number of rotatable bonds is 1. The van der Waals surface area contributed by atoms with Crippen LogP contribution < -0.4 is 5.32 Å². The highest BCUT2D eigenvalue weighted by atomic mass is 19.1. The van der Waals surface area contributed by atoms with Crippen LogP contribution in [-0.4, -0.2) is 12.4 Å². The van der Waals surface area contributed by atoms with Crippen LogP contribution in [0.4, 0.5) is 4.39 Å². The van der Waals surface area contributed by atoms with Gasteiger partial charge in [-0.1, -0.05) is 18.2 Å². The summed E-state index contributed by atoms with van der Waals surface area (Å²) in [7, 11) is 0. The lowest BCUT2D eigenvalue weighted by molar-refractivity contribution is 0.428. The zero-order valence-electron chi connectivity index (χ0n) is 9.68. The third-order valence-corrected chi connectivity index (χ3v) is 3.56. The van der Waals surface area contributed by atoms with E-state index in [1.165, 1.54) is 6.07 Å². The van der Waals surface area contributed by atoms with Gasteiger partial charge in [0.15, 0.2) is 0 Å². The van der Waals surface area contributed by atoms with E-state index >= 15 is 0 Å². The molecule has 2 heterocycles. The van der Waals surface area contributed by atoms with Gasteiger partial charge in [0.2, 0.25) is 0 Å². The highest BCUT2D eigenvalue weighted by Gasteiger charge is 2.35. The molecule has 2 aliphatic heterocycles. The van der Waals surface area contributed by atoms with Crippen molar-refractivity contribution >= 4 is 6.21 Å². The number of hydrogen-bond donors (Lipinski definition) is 1. The lowest BCUT2D eigenvalue weighted by Crippen LogP contribution is -2.31. The molecule has 2 aliphatic rings. The standard InChI is InChI=1S/C14H12FN3/c15-13-4-2-1-3-11(13)9-5-12-10(6-16)8-18-14(12)17-7-9/h1-4,7-9,12,14,18H,5H2/t9?,12-,14?/m0/s1. The third kappa shape index (κ3) is 1.68. The Labute approximate surface area is 105 Å². The summed E-state index contributed by atoms with van der Waals surface area (Å²) >= 11 is 0. The maximum atomic E-state index is 13.7. The van der Waals surface area contributed by atoms with Crippen molar-refractivity contribution in [1.29, 1.82) is 5.26 Å². The summed E-state index contributed by atoms with van der Waals surface area (Å²) in [5.74, 6) is -0.199. The molecule has 1 aromatic carbocycles. The molecule has 0 aromatic heterocycles. The molecule has 0 saturated heterocycles. The molecule has 3 atom stereocenters. The quantitative estimate of drug-likeness (QED) is 0.820. The fraction of sp³-hybridized carbons (Fsp3) is 0.286. The van der Waals surface area contributed by atoms with Crippen LogP contribution in [0.25, 0.3) is 0 Å². The second-order valence-electron chi connectivity index (χ2n) is 4.59. The SMILES string of the molecule is N#CC1=CNC2N=CC(c3ccccc3F)C[C@@H]12. The van der Waals surface area contributed by atoms with Crippen molar-refractivity contribution in [1.82, 2.24) is 5.32 Å². The van der Waals surface area contributed by atoms with Gasteiger partial charge in [-0.05, 0) is 18.1 Å². The topological polar surface area (TPSA) is 48.2 Å². The largest absolute Gasteiger partial charge is 0.368 e. The van der Waals surface area contributed by atoms with E-state index in [1.54, 1.807) is 24.5 Å². The first-order valence-electron chi connectivity index (χ1n) is 5.93. The molecule has 0 amide bonds. The lowest BCUT2D eigenvalue weighted by atomic mass is 9.83. The van der Waals surface area contributed by atoms with Crippen molar-refractivity contribution in [3.63, 3.8) is 0 Å². The number of nitriles is 1. The minimum atomic E-state index is -0.208. The van der Waals surface area contributed by atoms with Gasteiger partial charge in [0.05, 0.1) is 11.6 Å². The highest BCUT2D eigenvalue weighted by molar-refractivity contribution is 5.70. The summed E-state index contributed by atoms with van der Waals surface area (Å²) in [6.45, 7) is 0. The Morgan fingerprint density at radius 1 is 1.39 bits per heavy atom. The van der Waals surface area contributed by atoms with Gasteiger partial charge in [-0.15, -0.1) is 0 Å². The van der Waals surface area contributed by atoms with Gasteiger partial charge < -0.3 is 5.32 Å². The van der Waals surface area contributed by atoms with E-state index in [4.69, 9.17) is 5.26 Å². The first-order chi connectivity index (χ1) is 8.79. The van der Waals surface area contributed by atoms with Gasteiger partial charge in [0.1, 0.15) is 12.0 Å². The maximum absolute atomic E-state index is 13.7. The summed E-state index contributed by atoms with van der Waals surface area (Å²) in [6, 6.07) is 8.93. The second kappa shape index (κ2) is 4.26. The molecule has 2 unspecified atom stereocenters. The van der Waals surface area contributed by atoms with Crippen molar-refractivity contribution in [3.05, 3.63) is 47.4 Å². The van der Waals surface area contributed by atoms with Crippen LogP contribution in [0.5, 0.6) is 0 Å². The highest BCUT2D eigenvalue weighted by Crippen LogP contribution is 2.35. The summed E-state index contributed by atoms with van der Waals surface area (Å²) in [4.78, 5) is 4.38. The lowest BCUT2D eigenvalue weighted by Gasteiger charge is -2.26. The van der Waals surface area contributed by atoms with Gasteiger partial charge in [-0.25, -0.2) is 4.39 Å². The third-order valence-electron chi connectivity index (χ3n) is 3.56. The van der Waals surface area contributed by atoms with Crippen molar-refractivity contribution < 1.29 is 4.39 Å². The number of aliphatic imine (C=N–C) groups is 1. The van der Waals surface area contributed by atoms with E-state index in [2.05, 4.69) is 16.4 Å². The Balaban J connectivity index is 1.90. The van der Waals surface area contributed by atoms with Crippen LogP contribution >= 0.6 is 0 Å². The summed E-state index contributed by atoms with van der Waals surface area (Å²) in [6.07, 6.45) is 4.18. The molecule has 1 N–H and O–H groups in total. The van der Waals surface area contributed by atoms with Crippen LogP contribution in [0.3, 0.4) is 0 Å². The van der Waals surface area contributed by atoms with E-state index in [0.717, 1.165) is 6.42 Å². The molecule has 0 fully saturated rings. The molecule has 90 valence electrons. The molecule has 0 spiro atoms. The van der Waals surface area contributed by atoms with Crippen LogP contribution in [0, 0.1) is 23.1 Å². The van der Waals surface area contributed by atoms with E-state index in [9.17, 15) is 4.39 Å². The molecule has 18 heavy (non-hydrogen) atoms. The predicted molar refractivity (Wildman–Crippen MR) is 66.4 cm³/mol. The van der Waals surface area contributed by atoms with Crippen LogP contribution in [-0.2, 0) is 0 Å². The van der Waals surface area contributed by atoms with Crippen molar-refractivity contribution in [2.45, 2.75) is 18.5 Å². The van der Waals surface area contributed by atoms with E-state index in [-0.39, 0.29) is 23.8 Å². The van der Waals surface area contributed by atoms with Gasteiger partial charge >= 0.3 is 0 Å². The monoisotopic (exact) mass is 241 g/mol. The Kier molecular flexibility index (Phi) is 2.60. The molecule has 3 rings (SSSR count). The first-order valence-corrected chi connectivity index (χ1v) is 5.93. The van der Waals surface area contributed by atoms with Crippen LogP contribution in [0.15, 0.2) is 41.0 Å². The number of nitrogens with one attached hydrogen (secondary N) is 1. The van der Waals surface area contributed by atoms with Crippen molar-refractivity contribution in [2.75, 3.05) is 0 Å². The number of fused-ring (bicyclic) bond motifs is 1. The fourth-order valence-corrected chi connectivity index (χ4v) is 2.60. The van der Waals surface area contributed by atoms with Crippen molar-refractivity contribution in [2.24, 2.45) is 10.9 Å². The summed E-state index contributed by atoms with van der Waals surface area (Å²) in [5, 5.41) is 12.1. The number of halogens is 1. The van der Waals surface area contributed by atoms with Gasteiger partial charge in [0.25, 0.3) is 0 Å². The van der Waals surface area contributed by atoms with Gasteiger partial charge in [0, 0.05) is 24.3 Å². The Morgan fingerprint density at radius 3 is 3.00 bits per heavy atom. The molecule has 4 heteroatoms. The predicted octanol–water partition coefficient (Wildman–Crippen LogP) is 2.34. The fourth-order valence-electron chi connectivity index (χ4n) is 2.60. The van der Waals surface area contributed by atoms with Crippen LogP contribution in [0.2, 0.25) is 0 Å². The molecule has 1 aromatic rings. The molecule has 0 radical (unpaired) electrons. The number of nitrogens with zero attached hydrogens (tertiary/aromatic N) is 2. The Hall–Kier alpha value is -2.15. The van der Waals surface area contributed by atoms with Gasteiger partial charge in [-0.2, -0.15) is 5.26 Å². The second-order valence-corrected chi connectivity index (χ2v) is 4.59. The molecule has 3 nitrogen and oxygen atoms in total. The average Bonchev–Trinajstić information content (AvgIpc) is 2.81. The molecule has 0 saturated carbocycles. The van der Waals surface area contributed by atoms with E-state index in [0.29, 0.717) is 11.1 Å². The zero-order valence-corrected chi connectivity index (χ0v) is 9.68. The molecule has 0 bridgehead atoms. The smallest absolute Gasteiger partial charge is 0.127 e. The summed E-state index contributed by atoms with van der Waals surface area (Å²) < 4.78 is 13.7. The molecule has 0 aliphatic carbocycles. The summed E-state index contributed by atoms with van der Waals surface area (Å²) in [5.41, 5.74) is 1.36. The average molecular weight is 241 g/mol.